The van der Waals surface area contributed by atoms with Crippen LogP contribution in [0, 0.1) is 5.92 Å². The Labute approximate surface area is 206 Å². The van der Waals surface area contributed by atoms with E-state index < -0.39 is 0 Å². The van der Waals surface area contributed by atoms with Crippen molar-refractivity contribution in [1.82, 2.24) is 5.32 Å². The Kier molecular flexibility index (Phi) is 5.93. The summed E-state index contributed by atoms with van der Waals surface area (Å²) in [4.78, 5) is 14.6. The molecule has 172 valence electrons. The van der Waals surface area contributed by atoms with Crippen LogP contribution < -0.4 is 5.32 Å². The third kappa shape index (κ3) is 4.65. The molecule has 0 saturated heterocycles. The molecular formula is C31H28N4. The predicted octanol–water partition coefficient (Wildman–Crippen LogP) is 6.62. The van der Waals surface area contributed by atoms with Crippen LogP contribution in [0.25, 0.3) is 16.7 Å². The van der Waals surface area contributed by atoms with Crippen molar-refractivity contribution < 1.29 is 0 Å². The van der Waals surface area contributed by atoms with Crippen LogP contribution in [0.1, 0.15) is 42.1 Å². The molecule has 3 aliphatic rings. The Morgan fingerprint density at radius 3 is 2.29 bits per heavy atom. The van der Waals surface area contributed by atoms with Crippen molar-refractivity contribution >= 4 is 23.5 Å². The summed E-state index contributed by atoms with van der Waals surface area (Å²) in [5, 5.41) is 3.63. The Morgan fingerprint density at radius 2 is 1.54 bits per heavy atom. The van der Waals surface area contributed by atoms with E-state index in [1.165, 1.54) is 17.5 Å². The smallest absolute Gasteiger partial charge is 0.169 e. The fourth-order valence-electron chi connectivity index (χ4n) is 4.89. The second kappa shape index (κ2) is 9.67. The standard InChI is InChI=1S/C31H28N4/c1-4-10-22(11-5-1)26-18-27(25-16-17-32-21-25)20-28(19-26)31-34-29(23-12-6-2-7-13-23)33-30(35-31)24-14-8-3-9-15-24/h1-2,4-8,10-14,16,18-21,24,29H,3,9,15,17H2,(H,33,34,35). The van der Waals surface area contributed by atoms with E-state index in [1.807, 2.05) is 12.3 Å². The molecule has 0 saturated carbocycles. The van der Waals surface area contributed by atoms with Gasteiger partial charge in [0.15, 0.2) is 6.17 Å². The van der Waals surface area contributed by atoms with E-state index in [1.54, 1.807) is 0 Å². The van der Waals surface area contributed by atoms with Crippen molar-refractivity contribution in [1.29, 1.82) is 0 Å². The largest absolute Gasteiger partial charge is 0.328 e. The Morgan fingerprint density at radius 1 is 0.771 bits per heavy atom. The molecule has 2 unspecified atom stereocenters. The van der Waals surface area contributed by atoms with E-state index in [4.69, 9.17) is 9.98 Å². The van der Waals surface area contributed by atoms with Gasteiger partial charge in [0.05, 0.1) is 6.54 Å². The lowest BCUT2D eigenvalue weighted by atomic mass is 9.93. The van der Waals surface area contributed by atoms with Crippen LogP contribution in [-0.2, 0) is 0 Å². The predicted molar refractivity (Wildman–Crippen MR) is 146 cm³/mol. The van der Waals surface area contributed by atoms with Gasteiger partial charge >= 0.3 is 0 Å². The first-order valence-electron chi connectivity index (χ1n) is 12.4. The first-order valence-corrected chi connectivity index (χ1v) is 12.4. The van der Waals surface area contributed by atoms with Gasteiger partial charge in [-0.05, 0) is 65.3 Å². The highest BCUT2D eigenvalue weighted by Gasteiger charge is 2.25. The van der Waals surface area contributed by atoms with Gasteiger partial charge in [0.2, 0.25) is 0 Å². The van der Waals surface area contributed by atoms with E-state index in [0.29, 0.717) is 5.92 Å². The van der Waals surface area contributed by atoms with Crippen molar-refractivity contribution in [2.45, 2.75) is 25.4 Å². The third-order valence-corrected chi connectivity index (χ3v) is 6.76. The Bertz CT molecular complexity index is 1360. The first-order chi connectivity index (χ1) is 17.3. The molecule has 0 radical (unpaired) electrons. The van der Waals surface area contributed by atoms with Crippen molar-refractivity contribution in [2.75, 3.05) is 6.54 Å². The molecule has 4 nitrogen and oxygen atoms in total. The lowest BCUT2D eigenvalue weighted by Gasteiger charge is -2.27. The minimum atomic E-state index is -0.256. The Hall–Kier alpha value is -4.05. The maximum Gasteiger partial charge on any atom is 0.169 e. The SMILES string of the molecule is C1=CC(C2=NC(c3ccccc3)N=C(c3cc(C4=CCN=C4)cc(-c4ccccc4)c3)N2)CCC1. The monoisotopic (exact) mass is 456 g/mol. The van der Waals surface area contributed by atoms with Gasteiger partial charge in [0, 0.05) is 17.7 Å². The summed E-state index contributed by atoms with van der Waals surface area (Å²) in [6.45, 7) is 0.736. The van der Waals surface area contributed by atoms with Crippen LogP contribution in [0.4, 0.5) is 0 Å². The van der Waals surface area contributed by atoms with Crippen LogP contribution >= 0.6 is 0 Å². The molecule has 1 aliphatic carbocycles. The lowest BCUT2D eigenvalue weighted by molar-refractivity contribution is 0.631. The van der Waals surface area contributed by atoms with E-state index in [2.05, 4.69) is 101 Å². The number of nitrogens with zero attached hydrogens (tertiary/aromatic N) is 3. The molecule has 3 aromatic rings. The van der Waals surface area contributed by atoms with Gasteiger partial charge < -0.3 is 5.32 Å². The average Bonchev–Trinajstić information content (AvgIpc) is 3.49. The second-order valence-corrected chi connectivity index (χ2v) is 9.19. The molecule has 0 spiro atoms. The zero-order valence-electron chi connectivity index (χ0n) is 19.6. The fourth-order valence-corrected chi connectivity index (χ4v) is 4.89. The summed E-state index contributed by atoms with van der Waals surface area (Å²) >= 11 is 0. The summed E-state index contributed by atoms with van der Waals surface area (Å²) in [5.74, 6) is 2.17. The number of rotatable bonds is 5. The number of hydrogen-bond acceptors (Lipinski definition) is 4. The van der Waals surface area contributed by atoms with Crippen molar-refractivity contribution in [3.8, 4) is 11.1 Å². The molecule has 0 aromatic heterocycles. The number of amidine groups is 2. The number of nitrogens with one attached hydrogen (secondary N) is 1. The van der Waals surface area contributed by atoms with E-state index in [9.17, 15) is 0 Å². The molecule has 3 aromatic carbocycles. The minimum Gasteiger partial charge on any atom is -0.328 e. The topological polar surface area (TPSA) is 49.1 Å². The number of benzene rings is 3. The Balaban J connectivity index is 1.46. The lowest BCUT2D eigenvalue weighted by Crippen LogP contribution is -2.39. The van der Waals surface area contributed by atoms with Gasteiger partial charge in [-0.3, -0.25) is 4.99 Å². The summed E-state index contributed by atoms with van der Waals surface area (Å²) < 4.78 is 0. The molecule has 0 amide bonds. The summed E-state index contributed by atoms with van der Waals surface area (Å²) in [7, 11) is 0. The van der Waals surface area contributed by atoms with Gasteiger partial charge in [-0.1, -0.05) is 78.9 Å². The summed E-state index contributed by atoms with van der Waals surface area (Å²) in [6, 6.07) is 27.6. The molecule has 2 heterocycles. The fraction of sp³-hybridized carbons (Fsp3) is 0.194. The highest BCUT2D eigenvalue weighted by molar-refractivity contribution is 6.15. The molecule has 35 heavy (non-hydrogen) atoms. The maximum absolute atomic E-state index is 5.11. The van der Waals surface area contributed by atoms with Crippen molar-refractivity contribution in [2.24, 2.45) is 20.9 Å². The van der Waals surface area contributed by atoms with Gasteiger partial charge in [-0.2, -0.15) is 0 Å². The molecule has 0 bridgehead atoms. The van der Waals surface area contributed by atoms with Gasteiger partial charge in [-0.15, -0.1) is 0 Å². The van der Waals surface area contributed by atoms with E-state index in [0.717, 1.165) is 53.3 Å². The van der Waals surface area contributed by atoms with Gasteiger partial charge in [0.25, 0.3) is 0 Å². The van der Waals surface area contributed by atoms with E-state index in [-0.39, 0.29) is 6.17 Å². The van der Waals surface area contributed by atoms with Crippen LogP contribution in [-0.4, -0.2) is 24.4 Å². The zero-order valence-corrected chi connectivity index (χ0v) is 19.6. The van der Waals surface area contributed by atoms with Crippen molar-refractivity contribution in [3.63, 3.8) is 0 Å². The highest BCUT2D eigenvalue weighted by Crippen LogP contribution is 2.30. The quantitative estimate of drug-likeness (QED) is 0.431. The van der Waals surface area contributed by atoms with Crippen molar-refractivity contribution in [3.05, 3.63) is 114 Å². The van der Waals surface area contributed by atoms with E-state index >= 15 is 0 Å². The molecule has 1 N–H and O–H groups in total. The highest BCUT2D eigenvalue weighted by atomic mass is 15.2. The number of hydrogen-bond donors (Lipinski definition) is 1. The number of allylic oxidation sites excluding steroid dienone is 2. The average molecular weight is 457 g/mol. The summed E-state index contributed by atoms with van der Waals surface area (Å²) in [6.07, 6.45) is 11.9. The van der Waals surface area contributed by atoms with Gasteiger partial charge in [0.1, 0.15) is 11.7 Å². The third-order valence-electron chi connectivity index (χ3n) is 6.76. The zero-order chi connectivity index (χ0) is 23.5. The number of aliphatic imine (C=N–C) groups is 3. The molecular weight excluding hydrogens is 428 g/mol. The second-order valence-electron chi connectivity index (χ2n) is 9.19. The van der Waals surface area contributed by atoms with Gasteiger partial charge in [-0.25, -0.2) is 9.98 Å². The molecule has 0 fully saturated rings. The summed E-state index contributed by atoms with van der Waals surface area (Å²) in [5.41, 5.74) is 6.84. The molecule has 2 atom stereocenters. The van der Waals surface area contributed by atoms with Crippen LogP contribution in [0.5, 0.6) is 0 Å². The normalized spacial score (nSPS) is 21.2. The first kappa shape index (κ1) is 21.5. The molecule has 6 rings (SSSR count). The molecule has 4 heteroatoms. The molecule has 2 aliphatic heterocycles. The van der Waals surface area contributed by atoms with Crippen LogP contribution in [0.2, 0.25) is 0 Å². The maximum atomic E-state index is 5.11. The van der Waals surface area contributed by atoms with Crippen LogP contribution in [0.3, 0.4) is 0 Å². The minimum absolute atomic E-state index is 0.256. The van der Waals surface area contributed by atoms with Crippen LogP contribution in [0.15, 0.2) is 112 Å².